The molecule has 2 atom stereocenters. The van der Waals surface area contributed by atoms with Crippen LogP contribution in [0.2, 0.25) is 0 Å². The van der Waals surface area contributed by atoms with Gasteiger partial charge in [-0.3, -0.25) is 9.69 Å². The average molecular weight is 179 g/mol. The fourth-order valence-electron chi connectivity index (χ4n) is 2.89. The van der Waals surface area contributed by atoms with E-state index >= 15 is 0 Å². The second kappa shape index (κ2) is 2.95. The van der Waals surface area contributed by atoms with Gasteiger partial charge in [-0.05, 0) is 40.2 Å². The lowest BCUT2D eigenvalue weighted by Gasteiger charge is -2.33. The summed E-state index contributed by atoms with van der Waals surface area (Å²) in [4.78, 5) is 13.8. The van der Waals surface area contributed by atoms with Crippen LogP contribution in [-0.4, -0.2) is 29.8 Å². The summed E-state index contributed by atoms with van der Waals surface area (Å²) in [6.45, 7) is 3.82. The Kier molecular flexibility index (Phi) is 2.03. The van der Waals surface area contributed by atoms with E-state index in [0.29, 0.717) is 12.1 Å². The first-order chi connectivity index (χ1) is 6.11. The maximum Gasteiger partial charge on any atom is 0.157 e. The highest BCUT2D eigenvalue weighted by molar-refractivity contribution is 5.95. The van der Waals surface area contributed by atoms with Gasteiger partial charge >= 0.3 is 0 Å². The molecular weight excluding hydrogens is 162 g/mol. The molecule has 0 spiro atoms. The number of fused-ring (bicyclic) bond motifs is 2. The molecule has 2 unspecified atom stereocenters. The molecule has 2 aliphatic heterocycles. The summed E-state index contributed by atoms with van der Waals surface area (Å²) in [5.41, 5.74) is 2.43. The zero-order valence-electron chi connectivity index (χ0n) is 8.63. The van der Waals surface area contributed by atoms with Gasteiger partial charge in [-0.2, -0.15) is 0 Å². The van der Waals surface area contributed by atoms with Crippen LogP contribution in [0, 0.1) is 0 Å². The molecule has 0 amide bonds. The number of carbonyl (C=O) groups excluding carboxylic acids is 1. The number of hydrogen-bond donors (Lipinski definition) is 0. The highest BCUT2D eigenvalue weighted by Crippen LogP contribution is 2.37. The molecule has 2 rings (SSSR count). The normalized spacial score (nSPS) is 34.1. The maximum atomic E-state index is 11.5. The molecule has 0 saturated carbocycles. The summed E-state index contributed by atoms with van der Waals surface area (Å²) in [6.07, 6.45) is 3.53. The Bertz CT molecular complexity index is 280. The molecule has 0 radical (unpaired) electrons. The minimum atomic E-state index is 0.273. The van der Waals surface area contributed by atoms with Crippen molar-refractivity contribution in [1.82, 2.24) is 4.90 Å². The van der Waals surface area contributed by atoms with Gasteiger partial charge < -0.3 is 0 Å². The monoisotopic (exact) mass is 179 g/mol. The molecule has 1 fully saturated rings. The number of carbonyl (C=O) groups is 1. The van der Waals surface area contributed by atoms with Crippen molar-refractivity contribution in [1.29, 1.82) is 0 Å². The first-order valence-corrected chi connectivity index (χ1v) is 5.03. The summed E-state index contributed by atoms with van der Waals surface area (Å²) < 4.78 is 0. The van der Waals surface area contributed by atoms with E-state index in [0.717, 1.165) is 12.0 Å². The van der Waals surface area contributed by atoms with Crippen LogP contribution in [-0.2, 0) is 4.79 Å². The van der Waals surface area contributed by atoms with Gasteiger partial charge in [-0.15, -0.1) is 0 Å². The Morgan fingerprint density at radius 3 is 2.77 bits per heavy atom. The Balaban J connectivity index is 2.38. The Morgan fingerprint density at radius 1 is 1.46 bits per heavy atom. The van der Waals surface area contributed by atoms with Crippen LogP contribution in [0.5, 0.6) is 0 Å². The predicted molar refractivity (Wildman–Crippen MR) is 52.6 cm³/mol. The lowest BCUT2D eigenvalue weighted by Crippen LogP contribution is -2.39. The van der Waals surface area contributed by atoms with Gasteiger partial charge in [-0.25, -0.2) is 0 Å². The molecule has 0 aromatic carbocycles. The first-order valence-electron chi connectivity index (χ1n) is 5.03. The Hall–Kier alpha value is -0.630. The van der Waals surface area contributed by atoms with Gasteiger partial charge in [0, 0.05) is 17.7 Å². The molecule has 2 heterocycles. The van der Waals surface area contributed by atoms with Crippen molar-refractivity contribution in [2.24, 2.45) is 0 Å². The minimum absolute atomic E-state index is 0.273. The molecule has 72 valence electrons. The standard InChI is InChI=1S/C11H17NO/c1-7-6-9-4-5-10(12(9)3)11(7)8(2)13/h9-10H,4-6H2,1-3H3. The van der Waals surface area contributed by atoms with Gasteiger partial charge in [0.15, 0.2) is 5.78 Å². The van der Waals surface area contributed by atoms with E-state index in [1.165, 1.54) is 18.4 Å². The van der Waals surface area contributed by atoms with Crippen molar-refractivity contribution in [3.05, 3.63) is 11.1 Å². The minimum Gasteiger partial charge on any atom is -0.296 e. The summed E-state index contributed by atoms with van der Waals surface area (Å²) in [5.74, 6) is 0.273. The topological polar surface area (TPSA) is 20.3 Å². The van der Waals surface area contributed by atoms with E-state index in [9.17, 15) is 4.79 Å². The number of hydrogen-bond acceptors (Lipinski definition) is 2. The van der Waals surface area contributed by atoms with Gasteiger partial charge in [0.05, 0.1) is 0 Å². The fourth-order valence-corrected chi connectivity index (χ4v) is 2.89. The van der Waals surface area contributed by atoms with Crippen molar-refractivity contribution >= 4 is 5.78 Å². The molecule has 2 heteroatoms. The molecular formula is C11H17NO. The fraction of sp³-hybridized carbons (Fsp3) is 0.727. The van der Waals surface area contributed by atoms with Gasteiger partial charge in [0.2, 0.25) is 0 Å². The second-order valence-electron chi connectivity index (χ2n) is 4.37. The third kappa shape index (κ3) is 1.24. The first kappa shape index (κ1) is 8.95. The molecule has 13 heavy (non-hydrogen) atoms. The van der Waals surface area contributed by atoms with Gasteiger partial charge in [0.1, 0.15) is 0 Å². The highest BCUT2D eigenvalue weighted by atomic mass is 16.1. The zero-order valence-corrected chi connectivity index (χ0v) is 8.63. The summed E-state index contributed by atoms with van der Waals surface area (Å²) in [6, 6.07) is 1.13. The van der Waals surface area contributed by atoms with Gasteiger partial charge in [0.25, 0.3) is 0 Å². The van der Waals surface area contributed by atoms with E-state index in [-0.39, 0.29) is 5.78 Å². The van der Waals surface area contributed by atoms with Crippen molar-refractivity contribution in [2.45, 2.75) is 45.2 Å². The van der Waals surface area contributed by atoms with Crippen molar-refractivity contribution in [3.8, 4) is 0 Å². The Labute approximate surface area is 79.6 Å². The zero-order chi connectivity index (χ0) is 9.59. The largest absolute Gasteiger partial charge is 0.296 e. The number of ketones is 1. The van der Waals surface area contributed by atoms with E-state index in [1.807, 2.05) is 0 Å². The number of nitrogens with zero attached hydrogens (tertiary/aromatic N) is 1. The maximum absolute atomic E-state index is 11.5. The molecule has 2 nitrogen and oxygen atoms in total. The van der Waals surface area contributed by atoms with Crippen molar-refractivity contribution in [2.75, 3.05) is 7.05 Å². The summed E-state index contributed by atoms with van der Waals surface area (Å²) in [5, 5.41) is 0. The molecule has 0 aromatic heterocycles. The van der Waals surface area contributed by atoms with Crippen LogP contribution < -0.4 is 0 Å². The molecule has 2 bridgehead atoms. The summed E-state index contributed by atoms with van der Waals surface area (Å²) >= 11 is 0. The van der Waals surface area contributed by atoms with Crippen molar-refractivity contribution < 1.29 is 4.79 Å². The lowest BCUT2D eigenvalue weighted by molar-refractivity contribution is -0.114. The molecule has 2 aliphatic rings. The predicted octanol–water partition coefficient (Wildman–Crippen LogP) is 1.76. The van der Waals surface area contributed by atoms with E-state index in [4.69, 9.17) is 0 Å². The SMILES string of the molecule is CC(=O)C1=C(C)CC2CCC1N2C. The smallest absolute Gasteiger partial charge is 0.157 e. The van der Waals surface area contributed by atoms with E-state index in [2.05, 4.69) is 18.9 Å². The van der Waals surface area contributed by atoms with Crippen LogP contribution in [0.25, 0.3) is 0 Å². The van der Waals surface area contributed by atoms with Crippen LogP contribution in [0.3, 0.4) is 0 Å². The van der Waals surface area contributed by atoms with Crippen LogP contribution >= 0.6 is 0 Å². The van der Waals surface area contributed by atoms with E-state index in [1.54, 1.807) is 6.92 Å². The Morgan fingerprint density at radius 2 is 2.15 bits per heavy atom. The van der Waals surface area contributed by atoms with Crippen LogP contribution in [0.1, 0.15) is 33.1 Å². The molecule has 0 aromatic rings. The average Bonchev–Trinajstić information content (AvgIpc) is 2.34. The highest BCUT2D eigenvalue weighted by Gasteiger charge is 2.38. The third-order valence-corrected chi connectivity index (χ3v) is 3.56. The third-order valence-electron chi connectivity index (χ3n) is 3.56. The molecule has 0 N–H and O–H groups in total. The summed E-state index contributed by atoms with van der Waals surface area (Å²) in [7, 11) is 2.15. The molecule has 1 saturated heterocycles. The molecule has 0 aliphatic carbocycles. The van der Waals surface area contributed by atoms with E-state index < -0.39 is 0 Å². The van der Waals surface area contributed by atoms with Gasteiger partial charge in [-0.1, -0.05) is 5.57 Å². The second-order valence-corrected chi connectivity index (χ2v) is 4.37. The quantitative estimate of drug-likeness (QED) is 0.611. The van der Waals surface area contributed by atoms with Crippen LogP contribution in [0.15, 0.2) is 11.1 Å². The number of Topliss-reactive ketones (excluding diaryl/α,β-unsaturated/α-hetero) is 1. The number of likely N-dealkylation sites (N-methyl/N-ethyl adjacent to an activating group) is 1. The van der Waals surface area contributed by atoms with Crippen molar-refractivity contribution in [3.63, 3.8) is 0 Å². The number of rotatable bonds is 1. The lowest BCUT2D eigenvalue weighted by atomic mass is 9.92. The van der Waals surface area contributed by atoms with Crippen LogP contribution in [0.4, 0.5) is 0 Å².